The van der Waals surface area contributed by atoms with Crippen molar-refractivity contribution in [1.29, 1.82) is 0 Å². The maximum Gasteiger partial charge on any atom is 0.244 e. The molecule has 0 amide bonds. The van der Waals surface area contributed by atoms with Crippen molar-refractivity contribution in [2.75, 3.05) is 19.6 Å². The van der Waals surface area contributed by atoms with Crippen molar-refractivity contribution < 1.29 is 16.8 Å². The van der Waals surface area contributed by atoms with Gasteiger partial charge in [0.25, 0.3) is 0 Å². The van der Waals surface area contributed by atoms with E-state index in [1.807, 2.05) is 24.3 Å². The van der Waals surface area contributed by atoms with Gasteiger partial charge in [-0.15, -0.1) is 11.3 Å². The average molecular weight is 387 g/mol. The molecule has 1 aliphatic heterocycles. The van der Waals surface area contributed by atoms with Crippen LogP contribution in [-0.4, -0.2) is 40.8 Å². The molecule has 0 unspecified atom stereocenters. The average Bonchev–Trinajstić information content (AvgIpc) is 3.20. The lowest BCUT2D eigenvalue weighted by molar-refractivity contribution is 0.455. The van der Waals surface area contributed by atoms with E-state index in [9.17, 15) is 16.8 Å². The maximum atomic E-state index is 12.9. The van der Waals surface area contributed by atoms with E-state index in [0.717, 1.165) is 15.5 Å². The van der Waals surface area contributed by atoms with Gasteiger partial charge < -0.3 is 0 Å². The molecule has 1 aliphatic rings. The lowest BCUT2D eigenvalue weighted by Crippen LogP contribution is -2.32. The van der Waals surface area contributed by atoms with Crippen molar-refractivity contribution in [3.63, 3.8) is 0 Å². The van der Waals surface area contributed by atoms with Gasteiger partial charge in [0.2, 0.25) is 20.0 Å². The van der Waals surface area contributed by atoms with Gasteiger partial charge in [-0.1, -0.05) is 24.8 Å². The SMILES string of the molecule is C=CS(=O)(=O)NC[C@H]1CCN(S(=O)(=O)c2csc3ccccc23)C1. The fourth-order valence-corrected chi connectivity index (χ4v) is 6.36. The summed E-state index contributed by atoms with van der Waals surface area (Å²) in [7, 11) is -7.05. The minimum absolute atomic E-state index is 0.0422. The summed E-state index contributed by atoms with van der Waals surface area (Å²) in [5.41, 5.74) is 0. The van der Waals surface area contributed by atoms with Crippen LogP contribution >= 0.6 is 11.3 Å². The zero-order chi connectivity index (χ0) is 17.4. The molecule has 130 valence electrons. The number of nitrogens with zero attached hydrogens (tertiary/aromatic N) is 1. The molecular formula is C15H18N2O4S3. The molecule has 1 saturated heterocycles. The lowest BCUT2D eigenvalue weighted by atomic mass is 10.1. The first-order chi connectivity index (χ1) is 11.3. The topological polar surface area (TPSA) is 83.6 Å². The first-order valence-corrected chi connectivity index (χ1v) is 11.3. The highest BCUT2D eigenvalue weighted by molar-refractivity contribution is 7.92. The third-order valence-corrected chi connectivity index (χ3v) is 8.13. The normalized spacial score (nSPS) is 19.8. The molecule has 6 nitrogen and oxygen atoms in total. The molecule has 2 aromatic rings. The molecule has 0 bridgehead atoms. The molecule has 1 aromatic carbocycles. The second-order valence-corrected chi connectivity index (χ2v) is 10.2. The van der Waals surface area contributed by atoms with Gasteiger partial charge in [0.15, 0.2) is 0 Å². The molecule has 9 heteroatoms. The highest BCUT2D eigenvalue weighted by Gasteiger charge is 2.34. The van der Waals surface area contributed by atoms with Crippen molar-refractivity contribution >= 4 is 41.5 Å². The fourth-order valence-electron chi connectivity index (χ4n) is 2.77. The smallest absolute Gasteiger partial charge is 0.211 e. The Bertz CT molecular complexity index is 964. The Morgan fingerprint density at radius 1 is 1.29 bits per heavy atom. The molecule has 3 rings (SSSR count). The molecule has 0 spiro atoms. The van der Waals surface area contributed by atoms with Gasteiger partial charge in [-0.3, -0.25) is 0 Å². The highest BCUT2D eigenvalue weighted by atomic mass is 32.2. The number of hydrogen-bond donors (Lipinski definition) is 1. The van der Waals surface area contributed by atoms with E-state index >= 15 is 0 Å². The largest absolute Gasteiger partial charge is 0.244 e. The molecular weight excluding hydrogens is 368 g/mol. The van der Waals surface area contributed by atoms with Gasteiger partial charge in [0, 0.05) is 40.5 Å². The summed E-state index contributed by atoms with van der Waals surface area (Å²) in [4.78, 5) is 0.329. The first-order valence-electron chi connectivity index (χ1n) is 7.42. The summed E-state index contributed by atoms with van der Waals surface area (Å²) in [5.74, 6) is -0.0422. The Morgan fingerprint density at radius 2 is 2.04 bits per heavy atom. The quantitative estimate of drug-likeness (QED) is 0.823. The highest BCUT2D eigenvalue weighted by Crippen LogP contribution is 2.33. The number of thiophene rings is 1. The van der Waals surface area contributed by atoms with Crippen LogP contribution in [0.1, 0.15) is 6.42 Å². The monoisotopic (exact) mass is 386 g/mol. The Labute approximate surface area is 145 Å². The predicted molar refractivity (Wildman–Crippen MR) is 95.8 cm³/mol. The number of nitrogens with one attached hydrogen (secondary N) is 1. The number of rotatable bonds is 6. The van der Waals surface area contributed by atoms with Crippen LogP contribution in [0.4, 0.5) is 0 Å². The second kappa shape index (κ2) is 6.57. The van der Waals surface area contributed by atoms with E-state index in [0.29, 0.717) is 24.4 Å². The van der Waals surface area contributed by atoms with Crippen molar-refractivity contribution in [2.24, 2.45) is 5.92 Å². The van der Waals surface area contributed by atoms with E-state index in [1.165, 1.54) is 15.6 Å². The zero-order valence-electron chi connectivity index (χ0n) is 12.9. The van der Waals surface area contributed by atoms with Gasteiger partial charge >= 0.3 is 0 Å². The van der Waals surface area contributed by atoms with Crippen LogP contribution in [0.3, 0.4) is 0 Å². The van der Waals surface area contributed by atoms with E-state index in [2.05, 4.69) is 11.3 Å². The van der Waals surface area contributed by atoms with E-state index in [1.54, 1.807) is 5.38 Å². The third-order valence-electron chi connectivity index (χ3n) is 4.10. The number of benzene rings is 1. The minimum Gasteiger partial charge on any atom is -0.211 e. The molecule has 1 fully saturated rings. The fraction of sp³-hybridized carbons (Fsp3) is 0.333. The Morgan fingerprint density at radius 3 is 2.79 bits per heavy atom. The predicted octanol–water partition coefficient (Wildman–Crippen LogP) is 1.97. The summed E-state index contributed by atoms with van der Waals surface area (Å²) in [6.07, 6.45) is 0.626. The van der Waals surface area contributed by atoms with Gasteiger partial charge in [-0.25, -0.2) is 21.6 Å². The van der Waals surface area contributed by atoms with Gasteiger partial charge in [0.1, 0.15) is 4.90 Å². The molecule has 1 N–H and O–H groups in total. The Hall–Kier alpha value is -1.26. The molecule has 1 atom stereocenters. The van der Waals surface area contributed by atoms with Crippen molar-refractivity contribution in [3.8, 4) is 0 Å². The standard InChI is InChI=1S/C15H18N2O4S3/c1-2-23(18,19)16-9-12-7-8-17(10-12)24(20,21)15-11-22-14-6-4-3-5-13(14)15/h2-6,11-12,16H,1,7-10H2/t12-/m1/s1. The number of fused-ring (bicyclic) bond motifs is 1. The van der Waals surface area contributed by atoms with E-state index < -0.39 is 20.0 Å². The summed E-state index contributed by atoms with van der Waals surface area (Å²) in [6, 6.07) is 7.41. The Balaban J connectivity index is 1.76. The summed E-state index contributed by atoms with van der Waals surface area (Å²) < 4.78 is 53.4. The van der Waals surface area contributed by atoms with Gasteiger partial charge in [-0.05, 0) is 18.4 Å². The van der Waals surface area contributed by atoms with Crippen LogP contribution in [0.5, 0.6) is 0 Å². The first kappa shape index (κ1) is 17.6. The van der Waals surface area contributed by atoms with Crippen LogP contribution < -0.4 is 4.72 Å². The van der Waals surface area contributed by atoms with Crippen LogP contribution in [0.25, 0.3) is 10.1 Å². The summed E-state index contributed by atoms with van der Waals surface area (Å²) in [6.45, 7) is 4.16. The molecule has 2 heterocycles. The zero-order valence-corrected chi connectivity index (χ0v) is 15.3. The molecule has 0 aliphatic carbocycles. The molecule has 0 radical (unpaired) electrons. The lowest BCUT2D eigenvalue weighted by Gasteiger charge is -2.16. The summed E-state index contributed by atoms with van der Waals surface area (Å²) >= 11 is 1.41. The number of sulfonamides is 2. The Kier molecular flexibility index (Phi) is 4.80. The van der Waals surface area contributed by atoms with Gasteiger partial charge in [-0.2, -0.15) is 4.31 Å². The molecule has 1 aromatic heterocycles. The van der Waals surface area contributed by atoms with Crippen LogP contribution in [0, 0.1) is 5.92 Å². The van der Waals surface area contributed by atoms with Crippen molar-refractivity contribution in [1.82, 2.24) is 9.03 Å². The second-order valence-electron chi connectivity index (χ2n) is 5.67. The van der Waals surface area contributed by atoms with Crippen molar-refractivity contribution in [3.05, 3.63) is 41.6 Å². The van der Waals surface area contributed by atoms with Crippen LogP contribution in [-0.2, 0) is 20.0 Å². The van der Waals surface area contributed by atoms with Gasteiger partial charge in [0.05, 0.1) is 0 Å². The molecule has 0 saturated carbocycles. The number of hydrogen-bond acceptors (Lipinski definition) is 5. The summed E-state index contributed by atoms with van der Waals surface area (Å²) in [5, 5.41) is 3.26. The van der Waals surface area contributed by atoms with Crippen LogP contribution in [0.15, 0.2) is 46.5 Å². The molecule has 24 heavy (non-hydrogen) atoms. The van der Waals surface area contributed by atoms with Crippen LogP contribution in [0.2, 0.25) is 0 Å². The third kappa shape index (κ3) is 3.40. The van der Waals surface area contributed by atoms with Crippen molar-refractivity contribution in [2.45, 2.75) is 11.3 Å². The van der Waals surface area contributed by atoms with E-state index in [4.69, 9.17) is 0 Å². The maximum absolute atomic E-state index is 12.9. The van der Waals surface area contributed by atoms with E-state index in [-0.39, 0.29) is 12.5 Å². The minimum atomic E-state index is -3.57.